The van der Waals surface area contributed by atoms with Gasteiger partial charge in [-0.15, -0.1) is 0 Å². The molecule has 1 saturated heterocycles. The van der Waals surface area contributed by atoms with Crippen LogP contribution in [0.4, 0.5) is 4.39 Å². The van der Waals surface area contributed by atoms with Gasteiger partial charge in [0.1, 0.15) is 5.82 Å². The minimum Gasteiger partial charge on any atom is -0.478 e. The average Bonchev–Trinajstić information content (AvgIpc) is 2.67. The molecule has 2 rings (SSSR count). The Hall–Kier alpha value is -1.42. The largest absolute Gasteiger partial charge is 0.478 e. The summed E-state index contributed by atoms with van der Waals surface area (Å²) in [4.78, 5) is 13.5. The highest BCUT2D eigenvalue weighted by Crippen LogP contribution is 2.23. The molecular weight excluding hydrogens is 269 g/mol. The van der Waals surface area contributed by atoms with E-state index in [0.717, 1.165) is 31.5 Å². The molecule has 0 amide bonds. The molecular formula is C17H24FNO2. The van der Waals surface area contributed by atoms with E-state index in [2.05, 4.69) is 11.8 Å². The second kappa shape index (κ2) is 7.55. The molecule has 1 aromatic carbocycles. The molecule has 1 heterocycles. The molecule has 1 unspecified atom stereocenters. The first-order chi connectivity index (χ1) is 10.1. The lowest BCUT2D eigenvalue weighted by Gasteiger charge is -2.21. The number of hydrogen-bond acceptors (Lipinski definition) is 2. The fourth-order valence-electron chi connectivity index (χ4n) is 3.21. The highest BCUT2D eigenvalue weighted by Gasteiger charge is 2.19. The average molecular weight is 293 g/mol. The van der Waals surface area contributed by atoms with Gasteiger partial charge < -0.3 is 5.11 Å². The number of carboxylic acid groups (broad SMARTS) is 1. The fourth-order valence-corrected chi connectivity index (χ4v) is 3.21. The van der Waals surface area contributed by atoms with Crippen LogP contribution in [0.5, 0.6) is 0 Å². The zero-order valence-corrected chi connectivity index (χ0v) is 12.6. The quantitative estimate of drug-likeness (QED) is 0.894. The lowest BCUT2D eigenvalue weighted by molar-refractivity contribution is 0.0694. The molecule has 116 valence electrons. The van der Waals surface area contributed by atoms with Crippen molar-refractivity contribution in [3.05, 3.63) is 35.1 Å². The predicted molar refractivity (Wildman–Crippen MR) is 80.9 cm³/mol. The summed E-state index contributed by atoms with van der Waals surface area (Å²) in [5.74, 6) is -0.745. The van der Waals surface area contributed by atoms with E-state index in [0.29, 0.717) is 12.1 Å². The van der Waals surface area contributed by atoms with E-state index in [-0.39, 0.29) is 5.56 Å². The Bertz CT molecular complexity index is 490. The Morgan fingerprint density at radius 3 is 2.90 bits per heavy atom. The first kappa shape index (κ1) is 16.0. The van der Waals surface area contributed by atoms with Crippen LogP contribution in [0.3, 0.4) is 0 Å². The monoisotopic (exact) mass is 293 g/mol. The lowest BCUT2D eigenvalue weighted by atomic mass is 9.96. The summed E-state index contributed by atoms with van der Waals surface area (Å²) in [6.45, 7) is 4.82. The van der Waals surface area contributed by atoms with Gasteiger partial charge in [-0.05, 0) is 56.0 Å². The first-order valence-corrected chi connectivity index (χ1v) is 7.84. The van der Waals surface area contributed by atoms with E-state index in [1.807, 2.05) is 0 Å². The fraction of sp³-hybridized carbons (Fsp3) is 0.588. The van der Waals surface area contributed by atoms with Crippen LogP contribution in [0.15, 0.2) is 18.2 Å². The van der Waals surface area contributed by atoms with E-state index in [4.69, 9.17) is 0 Å². The first-order valence-electron chi connectivity index (χ1n) is 7.84. The van der Waals surface area contributed by atoms with Crippen molar-refractivity contribution in [3.8, 4) is 0 Å². The van der Waals surface area contributed by atoms with Crippen LogP contribution in [0, 0.1) is 11.7 Å². The maximum atomic E-state index is 13.2. The molecule has 1 aromatic rings. The van der Waals surface area contributed by atoms with Gasteiger partial charge >= 0.3 is 5.97 Å². The van der Waals surface area contributed by atoms with Crippen molar-refractivity contribution in [2.75, 3.05) is 13.1 Å². The van der Waals surface area contributed by atoms with Crippen molar-refractivity contribution in [2.45, 2.75) is 45.6 Å². The Morgan fingerprint density at radius 2 is 2.19 bits per heavy atom. The molecule has 21 heavy (non-hydrogen) atoms. The number of carbonyl (C=O) groups is 1. The molecule has 0 aliphatic carbocycles. The highest BCUT2D eigenvalue weighted by atomic mass is 19.1. The van der Waals surface area contributed by atoms with E-state index in [1.165, 1.54) is 31.7 Å². The van der Waals surface area contributed by atoms with E-state index < -0.39 is 11.8 Å². The standard InChI is InChI=1S/C17H24FNO2/c1-2-4-13-5-3-9-19(10-8-13)12-14-6-7-15(18)11-16(14)17(20)21/h6-7,11,13H,2-5,8-10,12H2,1H3,(H,20,21). The molecule has 1 fully saturated rings. The number of nitrogens with zero attached hydrogens (tertiary/aromatic N) is 1. The number of carboxylic acids is 1. The zero-order valence-electron chi connectivity index (χ0n) is 12.6. The van der Waals surface area contributed by atoms with Gasteiger partial charge in [0.05, 0.1) is 5.56 Å². The SMILES string of the molecule is CCCC1CCCN(Cc2ccc(F)cc2C(=O)O)CC1. The van der Waals surface area contributed by atoms with Crippen molar-refractivity contribution < 1.29 is 14.3 Å². The van der Waals surface area contributed by atoms with Crippen LogP contribution in [-0.4, -0.2) is 29.1 Å². The minimum atomic E-state index is -1.05. The third kappa shape index (κ3) is 4.53. The van der Waals surface area contributed by atoms with Gasteiger partial charge in [0.15, 0.2) is 0 Å². The van der Waals surface area contributed by atoms with E-state index >= 15 is 0 Å². The summed E-state index contributed by atoms with van der Waals surface area (Å²) in [5, 5.41) is 9.20. The lowest BCUT2D eigenvalue weighted by Crippen LogP contribution is -2.25. The molecule has 1 aliphatic rings. The van der Waals surface area contributed by atoms with Crippen molar-refractivity contribution >= 4 is 5.97 Å². The molecule has 4 heteroatoms. The summed E-state index contributed by atoms with van der Waals surface area (Å²) < 4.78 is 13.2. The summed E-state index contributed by atoms with van der Waals surface area (Å²) in [5.41, 5.74) is 0.794. The number of rotatable bonds is 5. The molecule has 0 aromatic heterocycles. The molecule has 1 N–H and O–H groups in total. The maximum absolute atomic E-state index is 13.2. The molecule has 0 radical (unpaired) electrons. The molecule has 1 atom stereocenters. The Morgan fingerprint density at radius 1 is 1.38 bits per heavy atom. The van der Waals surface area contributed by atoms with Crippen molar-refractivity contribution in [1.29, 1.82) is 0 Å². The second-order valence-corrected chi connectivity index (χ2v) is 5.97. The van der Waals surface area contributed by atoms with Crippen molar-refractivity contribution in [1.82, 2.24) is 4.90 Å². The van der Waals surface area contributed by atoms with Gasteiger partial charge in [-0.25, -0.2) is 9.18 Å². The van der Waals surface area contributed by atoms with Crippen molar-refractivity contribution in [2.24, 2.45) is 5.92 Å². The van der Waals surface area contributed by atoms with E-state index in [1.54, 1.807) is 6.07 Å². The van der Waals surface area contributed by atoms with Gasteiger partial charge in [-0.1, -0.05) is 25.8 Å². The van der Waals surface area contributed by atoms with Crippen LogP contribution in [0.25, 0.3) is 0 Å². The molecule has 0 bridgehead atoms. The maximum Gasteiger partial charge on any atom is 0.336 e. The molecule has 3 nitrogen and oxygen atoms in total. The van der Waals surface area contributed by atoms with Crippen LogP contribution in [0.2, 0.25) is 0 Å². The Labute approximate surface area is 125 Å². The summed E-state index contributed by atoms with van der Waals surface area (Å²) in [6, 6.07) is 4.07. The van der Waals surface area contributed by atoms with Gasteiger partial charge in [-0.3, -0.25) is 4.90 Å². The molecule has 0 spiro atoms. The van der Waals surface area contributed by atoms with Gasteiger partial charge in [-0.2, -0.15) is 0 Å². The predicted octanol–water partition coefficient (Wildman–Crippen LogP) is 3.93. The van der Waals surface area contributed by atoms with Crippen LogP contribution < -0.4 is 0 Å². The Balaban J connectivity index is 2.03. The number of hydrogen-bond donors (Lipinski definition) is 1. The number of benzene rings is 1. The summed E-state index contributed by atoms with van der Waals surface area (Å²) in [6.07, 6.45) is 6.11. The molecule has 1 aliphatic heterocycles. The second-order valence-electron chi connectivity index (χ2n) is 5.97. The van der Waals surface area contributed by atoms with Gasteiger partial charge in [0.2, 0.25) is 0 Å². The van der Waals surface area contributed by atoms with Crippen LogP contribution in [0.1, 0.15) is 54.9 Å². The summed E-state index contributed by atoms with van der Waals surface area (Å²) in [7, 11) is 0. The number of halogens is 1. The number of aromatic carboxylic acids is 1. The minimum absolute atomic E-state index is 0.0874. The zero-order chi connectivity index (χ0) is 15.2. The third-order valence-electron chi connectivity index (χ3n) is 4.33. The smallest absolute Gasteiger partial charge is 0.336 e. The third-order valence-corrected chi connectivity index (χ3v) is 4.33. The van der Waals surface area contributed by atoms with Gasteiger partial charge in [0.25, 0.3) is 0 Å². The number of likely N-dealkylation sites (tertiary alicyclic amines) is 1. The molecule has 0 saturated carbocycles. The van der Waals surface area contributed by atoms with Crippen LogP contribution in [-0.2, 0) is 6.54 Å². The normalized spacial score (nSPS) is 20.2. The van der Waals surface area contributed by atoms with Crippen molar-refractivity contribution in [3.63, 3.8) is 0 Å². The van der Waals surface area contributed by atoms with E-state index in [9.17, 15) is 14.3 Å². The van der Waals surface area contributed by atoms with Crippen LogP contribution >= 0.6 is 0 Å². The highest BCUT2D eigenvalue weighted by molar-refractivity contribution is 5.89. The summed E-state index contributed by atoms with van der Waals surface area (Å²) >= 11 is 0. The van der Waals surface area contributed by atoms with Gasteiger partial charge in [0, 0.05) is 6.54 Å². The topological polar surface area (TPSA) is 40.5 Å². The Kier molecular flexibility index (Phi) is 5.74.